The van der Waals surface area contributed by atoms with Gasteiger partial charge in [-0.05, 0) is 18.4 Å². The number of hydrogen-bond donors (Lipinski definition) is 3. The topological polar surface area (TPSA) is 78.4 Å². The third-order valence-corrected chi connectivity index (χ3v) is 5.19. The zero-order valence-corrected chi connectivity index (χ0v) is 18.1. The molecule has 0 aromatic heterocycles. The smallest absolute Gasteiger partial charge is 0.303 e. The fourth-order valence-electron chi connectivity index (χ4n) is 3.38. The van der Waals surface area contributed by atoms with E-state index in [0.29, 0.717) is 19.5 Å². The van der Waals surface area contributed by atoms with Crippen molar-refractivity contribution in [2.45, 2.75) is 96.6 Å². The fourth-order valence-corrected chi connectivity index (χ4v) is 3.38. The van der Waals surface area contributed by atoms with E-state index in [2.05, 4.69) is 17.6 Å². The number of aliphatic carboxylic acids is 1. The standard InChI is InChI=1S/C24H40N2O3/c1-2-3-4-5-6-7-8-9-10-14-19-25-24(29)22(17-18-23(27)28)26-20-21-15-12-11-13-16-21/h11-13,15-16,22,26H,2-10,14,17-20H2,1H3,(H,25,29)(H,27,28)/t22-/m0/s1. The quantitative estimate of drug-likeness (QED) is 0.299. The maximum atomic E-state index is 12.5. The average Bonchev–Trinajstić information content (AvgIpc) is 2.72. The van der Waals surface area contributed by atoms with Crippen LogP contribution in [0.1, 0.15) is 89.5 Å². The molecule has 29 heavy (non-hydrogen) atoms. The lowest BCUT2D eigenvalue weighted by molar-refractivity contribution is -0.137. The molecule has 1 aromatic rings. The molecular formula is C24H40N2O3. The Labute approximate surface area is 176 Å². The molecule has 1 atom stereocenters. The predicted molar refractivity (Wildman–Crippen MR) is 119 cm³/mol. The molecule has 0 saturated carbocycles. The van der Waals surface area contributed by atoms with Gasteiger partial charge in [0.05, 0.1) is 6.04 Å². The van der Waals surface area contributed by atoms with E-state index in [1.807, 2.05) is 30.3 Å². The van der Waals surface area contributed by atoms with E-state index < -0.39 is 12.0 Å². The van der Waals surface area contributed by atoms with Gasteiger partial charge < -0.3 is 15.7 Å². The molecule has 1 rings (SSSR count). The highest BCUT2D eigenvalue weighted by Crippen LogP contribution is 2.10. The maximum Gasteiger partial charge on any atom is 0.303 e. The third kappa shape index (κ3) is 13.9. The second-order valence-corrected chi connectivity index (χ2v) is 7.82. The molecule has 5 heteroatoms. The molecule has 0 unspecified atom stereocenters. The number of carboxylic acids is 1. The van der Waals surface area contributed by atoms with Crippen LogP contribution < -0.4 is 10.6 Å². The molecule has 0 radical (unpaired) electrons. The number of amides is 1. The van der Waals surface area contributed by atoms with E-state index in [1.54, 1.807) is 0 Å². The minimum Gasteiger partial charge on any atom is -0.481 e. The van der Waals surface area contributed by atoms with Crippen molar-refractivity contribution in [2.75, 3.05) is 6.54 Å². The lowest BCUT2D eigenvalue weighted by atomic mass is 10.1. The summed E-state index contributed by atoms with van der Waals surface area (Å²) in [5, 5.41) is 15.1. The Hall–Kier alpha value is -1.88. The molecule has 0 aliphatic rings. The SMILES string of the molecule is CCCCCCCCCCCCNC(=O)[C@H](CCC(=O)O)NCc1ccccc1. The fraction of sp³-hybridized carbons (Fsp3) is 0.667. The Morgan fingerprint density at radius 1 is 0.897 bits per heavy atom. The van der Waals surface area contributed by atoms with Crippen LogP contribution in [0.5, 0.6) is 0 Å². The first-order valence-corrected chi connectivity index (χ1v) is 11.4. The number of hydrogen-bond acceptors (Lipinski definition) is 3. The first-order chi connectivity index (χ1) is 14.1. The largest absolute Gasteiger partial charge is 0.481 e. The van der Waals surface area contributed by atoms with E-state index in [0.717, 1.165) is 18.4 Å². The summed E-state index contributed by atoms with van der Waals surface area (Å²) in [6.07, 6.45) is 12.9. The van der Waals surface area contributed by atoms with E-state index in [-0.39, 0.29) is 12.3 Å². The van der Waals surface area contributed by atoms with Gasteiger partial charge in [0.15, 0.2) is 0 Å². The van der Waals surface area contributed by atoms with Gasteiger partial charge in [0.25, 0.3) is 0 Å². The Kier molecular flexibility index (Phi) is 14.8. The molecular weight excluding hydrogens is 364 g/mol. The molecule has 0 heterocycles. The lowest BCUT2D eigenvalue weighted by Gasteiger charge is -2.18. The van der Waals surface area contributed by atoms with Crippen LogP contribution in [0.25, 0.3) is 0 Å². The van der Waals surface area contributed by atoms with Gasteiger partial charge in [-0.25, -0.2) is 0 Å². The zero-order chi connectivity index (χ0) is 21.2. The molecule has 0 bridgehead atoms. The first-order valence-electron chi connectivity index (χ1n) is 11.4. The Bertz CT molecular complexity index is 548. The number of carbonyl (C=O) groups excluding carboxylic acids is 1. The van der Waals surface area contributed by atoms with Crippen LogP contribution >= 0.6 is 0 Å². The molecule has 1 amide bonds. The molecule has 0 aliphatic heterocycles. The predicted octanol–water partition coefficient (Wildman–Crippen LogP) is 5.05. The van der Waals surface area contributed by atoms with Crippen molar-refractivity contribution in [3.05, 3.63) is 35.9 Å². The van der Waals surface area contributed by atoms with Crippen molar-refractivity contribution in [2.24, 2.45) is 0 Å². The highest BCUT2D eigenvalue weighted by molar-refractivity contribution is 5.82. The van der Waals surface area contributed by atoms with Crippen molar-refractivity contribution in [3.8, 4) is 0 Å². The Morgan fingerprint density at radius 2 is 1.48 bits per heavy atom. The van der Waals surface area contributed by atoms with Crippen LogP contribution in [-0.4, -0.2) is 29.6 Å². The zero-order valence-electron chi connectivity index (χ0n) is 18.1. The second kappa shape index (κ2) is 17.0. The Morgan fingerprint density at radius 3 is 2.07 bits per heavy atom. The third-order valence-electron chi connectivity index (χ3n) is 5.19. The number of benzene rings is 1. The van der Waals surface area contributed by atoms with E-state index >= 15 is 0 Å². The summed E-state index contributed by atoms with van der Waals surface area (Å²) >= 11 is 0. The summed E-state index contributed by atoms with van der Waals surface area (Å²) in [5.41, 5.74) is 1.08. The molecule has 0 spiro atoms. The van der Waals surface area contributed by atoms with Crippen molar-refractivity contribution in [3.63, 3.8) is 0 Å². The van der Waals surface area contributed by atoms with Gasteiger partial charge in [-0.2, -0.15) is 0 Å². The average molecular weight is 405 g/mol. The summed E-state index contributed by atoms with van der Waals surface area (Å²) in [4.78, 5) is 23.4. The molecule has 0 aliphatic carbocycles. The van der Waals surface area contributed by atoms with Gasteiger partial charge in [0, 0.05) is 19.5 Å². The van der Waals surface area contributed by atoms with E-state index in [9.17, 15) is 9.59 Å². The minimum absolute atomic E-state index is 0.0157. The number of carboxylic acid groups (broad SMARTS) is 1. The molecule has 0 fully saturated rings. The van der Waals surface area contributed by atoms with E-state index in [4.69, 9.17) is 5.11 Å². The highest BCUT2D eigenvalue weighted by Gasteiger charge is 2.18. The first kappa shape index (κ1) is 25.2. The molecule has 164 valence electrons. The van der Waals surface area contributed by atoms with Crippen molar-refractivity contribution in [1.29, 1.82) is 0 Å². The van der Waals surface area contributed by atoms with Crippen LogP contribution in [0.3, 0.4) is 0 Å². The normalized spacial score (nSPS) is 11.9. The van der Waals surface area contributed by atoms with Crippen LogP contribution in [0, 0.1) is 0 Å². The summed E-state index contributed by atoms with van der Waals surface area (Å²) in [7, 11) is 0. The number of carbonyl (C=O) groups is 2. The highest BCUT2D eigenvalue weighted by atomic mass is 16.4. The Balaban J connectivity index is 2.18. The molecule has 0 saturated heterocycles. The monoisotopic (exact) mass is 404 g/mol. The van der Waals surface area contributed by atoms with Crippen molar-refractivity contribution < 1.29 is 14.7 Å². The van der Waals surface area contributed by atoms with Gasteiger partial charge in [0.1, 0.15) is 0 Å². The minimum atomic E-state index is -0.876. The summed E-state index contributed by atoms with van der Waals surface area (Å²) in [6, 6.07) is 9.36. The summed E-state index contributed by atoms with van der Waals surface area (Å²) in [5.74, 6) is -0.975. The lowest BCUT2D eigenvalue weighted by Crippen LogP contribution is -2.44. The van der Waals surface area contributed by atoms with Crippen LogP contribution in [0.4, 0.5) is 0 Å². The number of rotatable bonds is 18. The number of nitrogens with one attached hydrogen (secondary N) is 2. The van der Waals surface area contributed by atoms with E-state index in [1.165, 1.54) is 51.4 Å². The maximum absolute atomic E-state index is 12.5. The van der Waals surface area contributed by atoms with Gasteiger partial charge in [-0.1, -0.05) is 95.0 Å². The van der Waals surface area contributed by atoms with Gasteiger partial charge in [-0.15, -0.1) is 0 Å². The number of unbranched alkanes of at least 4 members (excludes halogenated alkanes) is 9. The van der Waals surface area contributed by atoms with Crippen LogP contribution in [0.15, 0.2) is 30.3 Å². The molecule has 3 N–H and O–H groups in total. The van der Waals surface area contributed by atoms with Crippen molar-refractivity contribution >= 4 is 11.9 Å². The van der Waals surface area contributed by atoms with Gasteiger partial charge in [0.2, 0.25) is 5.91 Å². The van der Waals surface area contributed by atoms with Gasteiger partial charge in [-0.3, -0.25) is 9.59 Å². The van der Waals surface area contributed by atoms with Gasteiger partial charge >= 0.3 is 5.97 Å². The summed E-state index contributed by atoms with van der Waals surface area (Å²) < 4.78 is 0. The second-order valence-electron chi connectivity index (χ2n) is 7.82. The van der Waals surface area contributed by atoms with Crippen molar-refractivity contribution in [1.82, 2.24) is 10.6 Å². The molecule has 1 aromatic carbocycles. The van der Waals surface area contributed by atoms with Crippen LogP contribution in [0.2, 0.25) is 0 Å². The van der Waals surface area contributed by atoms with Crippen LogP contribution in [-0.2, 0) is 16.1 Å². The molecule has 5 nitrogen and oxygen atoms in total. The summed E-state index contributed by atoms with van der Waals surface area (Å²) in [6.45, 7) is 3.45.